The average molecular weight is 1480 g/mol. The molecule has 1 aromatic carbocycles. The van der Waals surface area contributed by atoms with Gasteiger partial charge in [-0.25, -0.2) is 0 Å². The molecule has 0 aromatic heterocycles. The fourth-order valence-electron chi connectivity index (χ4n) is 12.0. The number of fused-ring (bicyclic) bond motifs is 3. The molecule has 0 unspecified atom stereocenters. The monoisotopic (exact) mass is 1480 g/mol. The highest BCUT2D eigenvalue weighted by Gasteiger charge is 2.40. The molecule has 5 heterocycles. The van der Waals surface area contributed by atoms with Crippen molar-refractivity contribution in [2.75, 3.05) is 119 Å². The van der Waals surface area contributed by atoms with Crippen molar-refractivity contribution in [1.29, 1.82) is 0 Å². The van der Waals surface area contributed by atoms with Crippen LogP contribution in [0, 0.1) is 54.7 Å². The Balaban J connectivity index is 0. The number of nitrogens with zero attached hydrogens (tertiary/aromatic N) is 8. The summed E-state index contributed by atoms with van der Waals surface area (Å²) < 4.78 is 10.1. The number of primary amides is 1. The molecule has 0 radical (unpaired) electrons. The fraction of sp³-hybridized carbons (Fsp3) is 0.824. The summed E-state index contributed by atoms with van der Waals surface area (Å²) in [5.74, 6) is 2.46. The van der Waals surface area contributed by atoms with Gasteiger partial charge in [0, 0.05) is 161 Å². The number of carbonyl (C=O) groups is 9. The molecule has 7 fully saturated rings. The van der Waals surface area contributed by atoms with E-state index in [9.17, 15) is 43.2 Å². The number of nitrogens with two attached hydrogens (primary N) is 1. The number of likely N-dealkylation sites (N-methyl/N-ethyl adjacent to an activating group) is 1. The van der Waals surface area contributed by atoms with Gasteiger partial charge in [0.05, 0.1) is 19.8 Å². The number of para-hydroxylation sites is 1. The molecule has 0 atom stereocenters. The molecule has 2 aliphatic carbocycles. The van der Waals surface area contributed by atoms with Gasteiger partial charge >= 0.3 is 0 Å². The first kappa shape index (κ1) is 101. The molecule has 2 bridgehead atoms. The van der Waals surface area contributed by atoms with E-state index in [1.807, 2.05) is 230 Å². The summed E-state index contributed by atoms with van der Waals surface area (Å²) in [7, 11) is 10.7. The van der Waals surface area contributed by atoms with Crippen molar-refractivity contribution in [3.05, 3.63) is 30.3 Å². The lowest BCUT2D eigenvalue weighted by molar-refractivity contribution is -0.147. The lowest BCUT2D eigenvalue weighted by atomic mass is 9.78. The van der Waals surface area contributed by atoms with Crippen LogP contribution in [0.5, 0.6) is 0 Å². The number of amides is 9. The Kier molecular flexibility index (Phi) is 43.8. The zero-order valence-corrected chi connectivity index (χ0v) is 73.4. The molecule has 2 saturated carbocycles. The molecule has 2 N–H and O–H groups in total. The van der Waals surface area contributed by atoms with E-state index >= 15 is 0 Å². The first-order chi connectivity index (χ1) is 47.6. The quantitative estimate of drug-likeness (QED) is 0.292. The number of anilines is 1. The summed E-state index contributed by atoms with van der Waals surface area (Å²) in [6.07, 6.45) is 17.5. The van der Waals surface area contributed by atoms with Gasteiger partial charge in [-0.05, 0) is 88.7 Å². The number of benzene rings is 1. The number of carbonyl (C=O) groups excluding carboxylic acids is 9. The summed E-state index contributed by atoms with van der Waals surface area (Å²) >= 11 is 0. The zero-order chi connectivity index (χ0) is 82.3. The van der Waals surface area contributed by atoms with Crippen molar-refractivity contribution in [3.8, 4) is 0 Å². The SMILES string of the molecule is CC(C)(C)C(=O)N1CC2CCC1CC2.CC(C)(C)C(=O)N1CCCC1.CC(C)(C)C(=O)N1CCCCC1.CC(C)(C)C(=O)N1CCOCC1.CC(C)(C)C(N)=O.CN(C(=O)C(C)(C)C)C1CCCCC1.CN(C(=O)C(C)(C)C)c1ccccc1.CN(C)C(=O)C(C)(C)C.COCCN(C)C(=O)C(C)(C)C. The van der Waals surface area contributed by atoms with Crippen molar-refractivity contribution < 1.29 is 52.6 Å². The van der Waals surface area contributed by atoms with Crippen LogP contribution in [0.15, 0.2) is 30.3 Å². The van der Waals surface area contributed by atoms with Gasteiger partial charge in [-0.3, -0.25) is 43.2 Å². The van der Waals surface area contributed by atoms with Gasteiger partial charge in [0.1, 0.15) is 0 Å². The molecule has 20 heteroatoms. The van der Waals surface area contributed by atoms with Crippen LogP contribution >= 0.6 is 0 Å². The van der Waals surface area contributed by atoms with E-state index in [0.717, 1.165) is 57.4 Å². The Morgan fingerprint density at radius 1 is 0.419 bits per heavy atom. The van der Waals surface area contributed by atoms with E-state index in [2.05, 4.69) is 4.90 Å². The van der Waals surface area contributed by atoms with Crippen LogP contribution in [0.3, 0.4) is 0 Å². The molecule has 105 heavy (non-hydrogen) atoms. The number of rotatable bonds is 5. The van der Waals surface area contributed by atoms with Crippen LogP contribution in [0.25, 0.3) is 0 Å². The third-order valence-corrected chi connectivity index (χ3v) is 18.5. The van der Waals surface area contributed by atoms with Crippen LogP contribution < -0.4 is 10.6 Å². The molecule has 8 rings (SSSR count). The third kappa shape index (κ3) is 40.9. The van der Waals surface area contributed by atoms with Gasteiger partial charge in [-0.2, -0.15) is 0 Å². The van der Waals surface area contributed by atoms with Crippen molar-refractivity contribution in [2.24, 2.45) is 60.4 Å². The number of hydrogen-bond acceptors (Lipinski definition) is 11. The first-order valence-corrected chi connectivity index (χ1v) is 39.2. The summed E-state index contributed by atoms with van der Waals surface area (Å²) in [5.41, 5.74) is 3.59. The van der Waals surface area contributed by atoms with E-state index in [-0.39, 0.29) is 84.2 Å². The van der Waals surface area contributed by atoms with Gasteiger partial charge in [0.2, 0.25) is 53.2 Å². The summed E-state index contributed by atoms with van der Waals surface area (Å²) in [5, 5.41) is 0. The van der Waals surface area contributed by atoms with Crippen LogP contribution in [-0.2, 0) is 52.6 Å². The van der Waals surface area contributed by atoms with Crippen LogP contribution in [0.1, 0.15) is 277 Å². The molecule has 0 spiro atoms. The minimum absolute atomic E-state index is 0.128. The number of morpholine rings is 1. The summed E-state index contributed by atoms with van der Waals surface area (Å²) in [6, 6.07) is 10.7. The van der Waals surface area contributed by atoms with E-state index in [0.29, 0.717) is 56.2 Å². The summed E-state index contributed by atoms with van der Waals surface area (Å²) in [6.45, 7) is 61.5. The number of hydrogen-bond donors (Lipinski definition) is 1. The molecular weight excluding hydrogens is 1320 g/mol. The molecule has 9 amide bonds. The lowest BCUT2D eigenvalue weighted by Gasteiger charge is -2.47. The minimum atomic E-state index is -0.361. The standard InChI is InChI=1S/C12H21NO.C12H23NO.C12H17NO.C10H19NO.C9H17NO2.C9H19NO2.C9H17NO.C7H15NO.C5H11NO/c1-12(2,3)11(14)13-8-9-4-6-10(13)7-5-9;2*1-12(2,3)11(14)13(4)10-8-6-5-7-9-10;1-10(2,3)9(12)11-7-5-4-6-8-11;1-9(2,3)8(11)10-4-6-12-7-5-10;1-9(2,3)8(11)10(4)6-7-12-5;1-9(2,3)8(11)10-6-4-5-7-10;1-7(2,3)6(9)8(4)5;1-5(2,3)4(6)7/h9-10H,4-8H2,1-3H3;10H,5-9H2,1-4H3;5-9H,1-4H3;4-8H2,1-3H3;4-7H2,1-3H3;6-7H2,1-5H3;4-7H2,1-3H3;1-5H3;1-3H3,(H2,6,7). The smallest absolute Gasteiger partial charge is 0.232 e. The molecule has 5 saturated heterocycles. The molecule has 20 nitrogen and oxygen atoms in total. The van der Waals surface area contributed by atoms with Crippen molar-refractivity contribution >= 4 is 58.9 Å². The maximum absolute atomic E-state index is 12.1. The van der Waals surface area contributed by atoms with Crippen molar-refractivity contribution in [1.82, 2.24) is 34.3 Å². The molecule has 5 aliphatic heterocycles. The van der Waals surface area contributed by atoms with Crippen molar-refractivity contribution in [3.63, 3.8) is 0 Å². The van der Waals surface area contributed by atoms with Crippen LogP contribution in [0.2, 0.25) is 0 Å². The Morgan fingerprint density at radius 3 is 1.06 bits per heavy atom. The third-order valence-electron chi connectivity index (χ3n) is 18.5. The number of ether oxygens (including phenoxy) is 2. The predicted molar refractivity (Wildman–Crippen MR) is 433 cm³/mol. The Morgan fingerprint density at radius 2 is 0.762 bits per heavy atom. The highest BCUT2D eigenvalue weighted by molar-refractivity contribution is 5.96. The van der Waals surface area contributed by atoms with Gasteiger partial charge in [-0.15, -0.1) is 0 Å². The van der Waals surface area contributed by atoms with E-state index in [4.69, 9.17) is 15.2 Å². The predicted octanol–water partition coefficient (Wildman–Crippen LogP) is 15.3. The first-order valence-electron chi connectivity index (χ1n) is 39.2. The Bertz CT molecular complexity index is 2690. The number of likely N-dealkylation sites (tertiary alicyclic amines) is 2. The highest BCUT2D eigenvalue weighted by Crippen LogP contribution is 2.37. The van der Waals surface area contributed by atoms with E-state index in [1.165, 1.54) is 89.9 Å². The van der Waals surface area contributed by atoms with E-state index < -0.39 is 0 Å². The number of piperidine rings is 3. The topological polar surface area (TPSA) is 224 Å². The van der Waals surface area contributed by atoms with Gasteiger partial charge in [-0.1, -0.05) is 224 Å². The molecule has 7 aliphatic rings. The Hall–Kier alpha value is -5.63. The second kappa shape index (κ2) is 45.4. The van der Waals surface area contributed by atoms with Crippen LogP contribution in [0.4, 0.5) is 5.69 Å². The second-order valence-corrected chi connectivity index (χ2v) is 38.8. The van der Waals surface area contributed by atoms with Gasteiger partial charge in [0.15, 0.2) is 0 Å². The average Bonchev–Trinajstić information content (AvgIpc) is 1.44. The fourth-order valence-corrected chi connectivity index (χ4v) is 12.0. The minimum Gasteiger partial charge on any atom is -0.383 e. The number of methoxy groups -OCH3 is 1. The normalized spacial score (nSPS) is 17.8. The second-order valence-electron chi connectivity index (χ2n) is 38.8. The van der Waals surface area contributed by atoms with Crippen molar-refractivity contribution in [2.45, 2.75) is 289 Å². The lowest BCUT2D eigenvalue weighted by Crippen LogP contribution is -2.53. The highest BCUT2D eigenvalue weighted by atomic mass is 16.5. The zero-order valence-electron chi connectivity index (χ0n) is 73.4. The maximum atomic E-state index is 12.1. The maximum Gasteiger partial charge on any atom is 0.232 e. The van der Waals surface area contributed by atoms with Crippen LogP contribution in [-0.4, -0.2) is 214 Å². The summed E-state index contributed by atoms with van der Waals surface area (Å²) in [4.78, 5) is 119. The molecule has 1 aromatic rings. The largest absolute Gasteiger partial charge is 0.383 e. The Labute approximate surface area is 641 Å². The van der Waals surface area contributed by atoms with Gasteiger partial charge < -0.3 is 54.4 Å². The molecular formula is C85H159N9O11. The van der Waals surface area contributed by atoms with Gasteiger partial charge in [0.25, 0.3) is 0 Å². The molecule has 610 valence electrons. The van der Waals surface area contributed by atoms with E-state index in [1.54, 1.807) is 63.7 Å².